The van der Waals surface area contributed by atoms with E-state index in [-0.39, 0.29) is 4.90 Å². The fourth-order valence-electron chi connectivity index (χ4n) is 1.74. The van der Waals surface area contributed by atoms with Crippen molar-refractivity contribution in [1.29, 1.82) is 0 Å². The molecule has 0 aliphatic heterocycles. The lowest BCUT2D eigenvalue weighted by Crippen LogP contribution is -2.29. The highest BCUT2D eigenvalue weighted by molar-refractivity contribution is 7.89. The molecule has 5 heteroatoms. The van der Waals surface area contributed by atoms with Crippen LogP contribution >= 0.6 is 0 Å². The number of benzene rings is 1. The van der Waals surface area contributed by atoms with Crippen molar-refractivity contribution in [3.8, 4) is 0 Å². The summed E-state index contributed by atoms with van der Waals surface area (Å²) < 4.78 is 26.1. The Morgan fingerprint density at radius 3 is 2.29 bits per heavy atom. The lowest BCUT2D eigenvalue weighted by Gasteiger charge is -2.20. The van der Waals surface area contributed by atoms with Crippen molar-refractivity contribution in [3.05, 3.63) is 23.3 Å². The number of hydrogen-bond donors (Lipinski definition) is 1. The molecule has 4 nitrogen and oxygen atoms in total. The van der Waals surface area contributed by atoms with Crippen molar-refractivity contribution in [2.45, 2.75) is 32.1 Å². The first-order chi connectivity index (χ1) is 7.82. The molecule has 2 N–H and O–H groups in total. The van der Waals surface area contributed by atoms with Crippen LogP contribution in [0.1, 0.15) is 24.5 Å². The maximum Gasteiger partial charge on any atom is 0.245 e. The molecule has 0 aliphatic rings. The van der Waals surface area contributed by atoms with Crippen molar-refractivity contribution in [3.63, 3.8) is 0 Å². The number of hydrogen-bond acceptors (Lipinski definition) is 3. The Labute approximate surface area is 103 Å². The number of nitrogen functional groups attached to an aromatic ring is 1. The van der Waals surface area contributed by atoms with E-state index >= 15 is 0 Å². The number of anilines is 1. The van der Waals surface area contributed by atoms with Crippen molar-refractivity contribution in [1.82, 2.24) is 4.31 Å². The van der Waals surface area contributed by atoms with Gasteiger partial charge in [0.15, 0.2) is 0 Å². The Morgan fingerprint density at radius 1 is 1.24 bits per heavy atom. The Morgan fingerprint density at radius 2 is 1.76 bits per heavy atom. The summed E-state index contributed by atoms with van der Waals surface area (Å²) in [6, 6.07) is 3.63. The van der Waals surface area contributed by atoms with Crippen molar-refractivity contribution in [2.75, 3.05) is 19.3 Å². The minimum atomic E-state index is -3.48. The van der Waals surface area contributed by atoms with E-state index in [4.69, 9.17) is 5.73 Å². The normalized spacial score (nSPS) is 12.1. The van der Waals surface area contributed by atoms with Crippen LogP contribution in [-0.4, -0.2) is 26.3 Å². The molecule has 17 heavy (non-hydrogen) atoms. The van der Waals surface area contributed by atoms with Crippen molar-refractivity contribution < 1.29 is 8.42 Å². The van der Waals surface area contributed by atoms with Crippen LogP contribution in [0.25, 0.3) is 0 Å². The number of aryl methyl sites for hydroxylation is 2. The summed E-state index contributed by atoms with van der Waals surface area (Å²) in [5.74, 6) is 0. The van der Waals surface area contributed by atoms with Crippen LogP contribution in [-0.2, 0) is 10.0 Å². The van der Waals surface area contributed by atoms with E-state index in [0.717, 1.165) is 12.0 Å². The first-order valence-electron chi connectivity index (χ1n) is 5.64. The van der Waals surface area contributed by atoms with Crippen LogP contribution in [0.3, 0.4) is 0 Å². The molecule has 0 fully saturated rings. The molecule has 0 atom stereocenters. The van der Waals surface area contributed by atoms with Crippen molar-refractivity contribution >= 4 is 15.7 Å². The second-order valence-corrected chi connectivity index (χ2v) is 6.25. The Balaban J connectivity index is 3.38. The van der Waals surface area contributed by atoms with E-state index in [0.29, 0.717) is 17.8 Å². The molecule has 1 aromatic rings. The van der Waals surface area contributed by atoms with Gasteiger partial charge in [-0.2, -0.15) is 0 Å². The van der Waals surface area contributed by atoms with E-state index in [1.165, 1.54) is 4.31 Å². The third-order valence-electron chi connectivity index (χ3n) is 2.82. The van der Waals surface area contributed by atoms with Gasteiger partial charge in [-0.3, -0.25) is 0 Å². The molecule has 0 unspecified atom stereocenters. The Kier molecular flexibility index (Phi) is 4.16. The smallest absolute Gasteiger partial charge is 0.245 e. The van der Waals surface area contributed by atoms with Gasteiger partial charge in [-0.05, 0) is 31.4 Å². The van der Waals surface area contributed by atoms with Gasteiger partial charge in [0, 0.05) is 13.6 Å². The molecular formula is C12H20N2O2S. The predicted octanol–water partition coefficient (Wildman–Crippen LogP) is 1.92. The minimum Gasteiger partial charge on any atom is -0.397 e. The Bertz CT molecular complexity index is 509. The molecule has 0 saturated heterocycles. The zero-order chi connectivity index (χ0) is 13.2. The summed E-state index contributed by atoms with van der Waals surface area (Å²) in [7, 11) is -1.89. The van der Waals surface area contributed by atoms with Crippen LogP contribution < -0.4 is 5.73 Å². The highest BCUT2D eigenvalue weighted by atomic mass is 32.2. The fourth-order valence-corrected chi connectivity index (χ4v) is 3.39. The monoisotopic (exact) mass is 256 g/mol. The molecule has 0 saturated carbocycles. The van der Waals surface area contributed by atoms with Gasteiger partial charge in [0.25, 0.3) is 0 Å². The van der Waals surface area contributed by atoms with E-state index < -0.39 is 10.0 Å². The fraction of sp³-hybridized carbons (Fsp3) is 0.500. The highest BCUT2D eigenvalue weighted by Gasteiger charge is 2.25. The quantitative estimate of drug-likeness (QED) is 0.837. The second kappa shape index (κ2) is 5.06. The summed E-state index contributed by atoms with van der Waals surface area (Å²) in [5, 5.41) is 0. The van der Waals surface area contributed by atoms with Gasteiger partial charge >= 0.3 is 0 Å². The number of nitrogens with zero attached hydrogens (tertiary/aromatic N) is 1. The molecule has 0 heterocycles. The van der Waals surface area contributed by atoms with Gasteiger partial charge in [0.1, 0.15) is 4.90 Å². The van der Waals surface area contributed by atoms with Gasteiger partial charge in [0.2, 0.25) is 10.0 Å². The standard InChI is InChI=1S/C12H20N2O2S/c1-5-8-14(4)17(15,16)12-10(3)7-6-9(2)11(12)13/h6-7H,5,8,13H2,1-4H3. The van der Waals surface area contributed by atoms with E-state index in [1.54, 1.807) is 20.0 Å². The van der Waals surface area contributed by atoms with Gasteiger partial charge in [-0.25, -0.2) is 12.7 Å². The predicted molar refractivity (Wildman–Crippen MR) is 70.4 cm³/mol. The molecule has 0 radical (unpaired) electrons. The highest BCUT2D eigenvalue weighted by Crippen LogP contribution is 2.28. The lowest BCUT2D eigenvalue weighted by atomic mass is 10.1. The van der Waals surface area contributed by atoms with Crippen molar-refractivity contribution in [2.24, 2.45) is 0 Å². The van der Waals surface area contributed by atoms with Crippen LogP contribution in [0.2, 0.25) is 0 Å². The zero-order valence-electron chi connectivity index (χ0n) is 10.8. The number of nitrogens with two attached hydrogens (primary N) is 1. The Hall–Kier alpha value is -1.07. The molecule has 0 aromatic heterocycles. The SMILES string of the molecule is CCCN(C)S(=O)(=O)c1c(C)ccc(C)c1N. The number of sulfonamides is 1. The molecular weight excluding hydrogens is 236 g/mol. The third kappa shape index (κ3) is 2.61. The summed E-state index contributed by atoms with van der Waals surface area (Å²) in [5.41, 5.74) is 7.73. The van der Waals surface area contributed by atoms with Gasteiger partial charge in [0.05, 0.1) is 5.69 Å². The summed E-state index contributed by atoms with van der Waals surface area (Å²) in [6.07, 6.45) is 0.778. The molecule has 0 bridgehead atoms. The molecule has 96 valence electrons. The molecule has 0 spiro atoms. The van der Waals surface area contributed by atoms with E-state index in [9.17, 15) is 8.42 Å². The number of rotatable bonds is 4. The van der Waals surface area contributed by atoms with Gasteiger partial charge in [-0.1, -0.05) is 19.1 Å². The molecule has 1 rings (SSSR count). The lowest BCUT2D eigenvalue weighted by molar-refractivity contribution is 0.468. The van der Waals surface area contributed by atoms with Crippen LogP contribution in [0, 0.1) is 13.8 Å². The zero-order valence-corrected chi connectivity index (χ0v) is 11.6. The topological polar surface area (TPSA) is 63.4 Å². The van der Waals surface area contributed by atoms with Gasteiger partial charge in [-0.15, -0.1) is 0 Å². The summed E-state index contributed by atoms with van der Waals surface area (Å²) in [6.45, 7) is 6.02. The van der Waals surface area contributed by atoms with E-state index in [2.05, 4.69) is 0 Å². The maximum absolute atomic E-state index is 12.4. The first-order valence-corrected chi connectivity index (χ1v) is 7.08. The van der Waals surface area contributed by atoms with Crippen LogP contribution in [0.5, 0.6) is 0 Å². The third-order valence-corrected chi connectivity index (χ3v) is 4.88. The summed E-state index contributed by atoms with van der Waals surface area (Å²) >= 11 is 0. The maximum atomic E-state index is 12.4. The van der Waals surface area contributed by atoms with Crippen LogP contribution in [0.4, 0.5) is 5.69 Å². The largest absolute Gasteiger partial charge is 0.397 e. The minimum absolute atomic E-state index is 0.244. The van der Waals surface area contributed by atoms with Gasteiger partial charge < -0.3 is 5.73 Å². The average Bonchev–Trinajstić information content (AvgIpc) is 2.24. The molecule has 0 amide bonds. The van der Waals surface area contributed by atoms with Crippen LogP contribution in [0.15, 0.2) is 17.0 Å². The van der Waals surface area contributed by atoms with E-state index in [1.807, 2.05) is 19.9 Å². The first kappa shape index (κ1) is 14.0. The second-order valence-electron chi connectivity index (χ2n) is 4.27. The molecule has 0 aliphatic carbocycles. The summed E-state index contributed by atoms with van der Waals surface area (Å²) in [4.78, 5) is 0.244. The molecule has 1 aromatic carbocycles. The average molecular weight is 256 g/mol.